The van der Waals surface area contributed by atoms with Crippen LogP contribution in [0.5, 0.6) is 0 Å². The average molecular weight is 337 g/mol. The summed E-state index contributed by atoms with van der Waals surface area (Å²) in [6.45, 7) is 3.51. The van der Waals surface area contributed by atoms with Gasteiger partial charge in [0.1, 0.15) is 5.76 Å². The van der Waals surface area contributed by atoms with Gasteiger partial charge in [0, 0.05) is 18.7 Å². The molecule has 2 aromatic rings. The molecule has 24 heavy (non-hydrogen) atoms. The maximum atomic E-state index is 12.8. The minimum absolute atomic E-state index is 0.164. The molecule has 1 fully saturated rings. The lowest BCUT2D eigenvalue weighted by atomic mass is 9.99. The van der Waals surface area contributed by atoms with Crippen molar-refractivity contribution in [2.75, 3.05) is 13.1 Å². The Morgan fingerprint density at radius 2 is 1.88 bits per heavy atom. The monoisotopic (exact) mass is 337 g/mol. The fraction of sp³-hybridized carbons (Fsp3) is 0.389. The molecule has 1 aromatic heterocycles. The predicted molar refractivity (Wildman–Crippen MR) is 83.4 cm³/mol. The van der Waals surface area contributed by atoms with Crippen molar-refractivity contribution in [3.8, 4) is 11.3 Å². The van der Waals surface area contributed by atoms with E-state index in [1.54, 1.807) is 4.90 Å². The van der Waals surface area contributed by atoms with Crippen molar-refractivity contribution in [3.05, 3.63) is 47.7 Å². The van der Waals surface area contributed by atoms with Gasteiger partial charge in [0.2, 0.25) is 0 Å². The van der Waals surface area contributed by atoms with Crippen LogP contribution < -0.4 is 0 Å². The summed E-state index contributed by atoms with van der Waals surface area (Å²) in [6.07, 6.45) is -2.51. The van der Waals surface area contributed by atoms with Gasteiger partial charge in [-0.3, -0.25) is 4.79 Å². The number of rotatable bonds is 2. The highest BCUT2D eigenvalue weighted by atomic mass is 19.4. The maximum absolute atomic E-state index is 12.8. The summed E-state index contributed by atoms with van der Waals surface area (Å²) in [4.78, 5) is 14.2. The first kappa shape index (κ1) is 16.6. The number of carbonyl (C=O) groups is 1. The fourth-order valence-electron chi connectivity index (χ4n) is 2.82. The summed E-state index contributed by atoms with van der Waals surface area (Å²) in [5.41, 5.74) is -0.439. The van der Waals surface area contributed by atoms with E-state index in [0.717, 1.165) is 25.0 Å². The number of furan rings is 1. The fourth-order valence-corrected chi connectivity index (χ4v) is 2.82. The predicted octanol–water partition coefficient (Wildman–Crippen LogP) is 4.84. The van der Waals surface area contributed by atoms with Gasteiger partial charge in [-0.2, -0.15) is 13.2 Å². The summed E-state index contributed by atoms with van der Waals surface area (Å²) >= 11 is 0. The third-order valence-electron chi connectivity index (χ3n) is 4.36. The molecule has 0 spiro atoms. The molecule has 0 saturated carbocycles. The van der Waals surface area contributed by atoms with Gasteiger partial charge in [0.05, 0.1) is 5.56 Å². The molecular formula is C18H18F3NO2. The van der Waals surface area contributed by atoms with E-state index in [2.05, 4.69) is 6.92 Å². The number of alkyl halides is 3. The van der Waals surface area contributed by atoms with Crippen molar-refractivity contribution >= 4 is 5.91 Å². The SMILES string of the molecule is CC1CCN(C(=O)c2ccc(-c3cccc(C(F)(F)F)c3)o2)CC1. The molecule has 0 bridgehead atoms. The summed E-state index contributed by atoms with van der Waals surface area (Å²) in [5, 5.41) is 0. The number of hydrogen-bond donors (Lipinski definition) is 0. The number of piperidine rings is 1. The molecule has 1 amide bonds. The van der Waals surface area contributed by atoms with E-state index in [-0.39, 0.29) is 17.4 Å². The highest BCUT2D eigenvalue weighted by molar-refractivity contribution is 5.92. The molecule has 3 rings (SSSR count). The first-order valence-corrected chi connectivity index (χ1v) is 7.91. The number of likely N-dealkylation sites (tertiary alicyclic amines) is 1. The van der Waals surface area contributed by atoms with Crippen molar-refractivity contribution in [1.82, 2.24) is 4.90 Å². The van der Waals surface area contributed by atoms with E-state index in [1.165, 1.54) is 24.3 Å². The third kappa shape index (κ3) is 3.47. The quantitative estimate of drug-likeness (QED) is 0.786. The Bertz CT molecular complexity index is 728. The van der Waals surface area contributed by atoms with Crippen LogP contribution in [0.15, 0.2) is 40.8 Å². The van der Waals surface area contributed by atoms with Gasteiger partial charge in [-0.25, -0.2) is 0 Å². The third-order valence-corrected chi connectivity index (χ3v) is 4.36. The van der Waals surface area contributed by atoms with E-state index in [1.807, 2.05) is 0 Å². The lowest BCUT2D eigenvalue weighted by molar-refractivity contribution is -0.137. The molecule has 0 atom stereocenters. The normalized spacial score (nSPS) is 16.4. The average Bonchev–Trinajstić information content (AvgIpc) is 3.04. The molecule has 3 nitrogen and oxygen atoms in total. The Kier molecular flexibility index (Phi) is 4.39. The highest BCUT2D eigenvalue weighted by Gasteiger charge is 2.31. The number of benzene rings is 1. The Labute approximate surface area is 138 Å². The highest BCUT2D eigenvalue weighted by Crippen LogP contribution is 2.33. The Morgan fingerprint density at radius 1 is 1.17 bits per heavy atom. The first-order valence-electron chi connectivity index (χ1n) is 7.91. The number of nitrogens with zero attached hydrogens (tertiary/aromatic N) is 1. The molecule has 1 aliphatic heterocycles. The standard InChI is InChI=1S/C18H18F3NO2/c1-12-7-9-22(10-8-12)17(23)16-6-5-15(24-16)13-3-2-4-14(11-13)18(19,20)21/h2-6,11-12H,7-10H2,1H3. The molecule has 0 N–H and O–H groups in total. The summed E-state index contributed by atoms with van der Waals surface area (Å²) < 4.78 is 43.9. The van der Waals surface area contributed by atoms with Gasteiger partial charge >= 0.3 is 6.18 Å². The number of carbonyl (C=O) groups excluding carboxylic acids is 1. The molecule has 1 aromatic carbocycles. The zero-order valence-corrected chi connectivity index (χ0v) is 13.3. The molecule has 6 heteroatoms. The van der Waals surface area contributed by atoms with Crippen molar-refractivity contribution in [2.24, 2.45) is 5.92 Å². The zero-order chi connectivity index (χ0) is 17.3. The van der Waals surface area contributed by atoms with Crippen molar-refractivity contribution < 1.29 is 22.4 Å². The van der Waals surface area contributed by atoms with Gasteiger partial charge in [-0.15, -0.1) is 0 Å². The molecule has 0 aliphatic carbocycles. The van der Waals surface area contributed by atoms with Gasteiger partial charge in [0.25, 0.3) is 5.91 Å². The zero-order valence-electron chi connectivity index (χ0n) is 13.3. The first-order chi connectivity index (χ1) is 11.3. The number of amides is 1. The maximum Gasteiger partial charge on any atom is 0.416 e. The van der Waals surface area contributed by atoms with Crippen LogP contribution in [0.1, 0.15) is 35.9 Å². The summed E-state index contributed by atoms with van der Waals surface area (Å²) in [6, 6.07) is 7.95. The van der Waals surface area contributed by atoms with Gasteiger partial charge in [0.15, 0.2) is 5.76 Å². The molecular weight excluding hydrogens is 319 g/mol. The van der Waals surface area contributed by atoms with Crippen LogP contribution in [0.2, 0.25) is 0 Å². The van der Waals surface area contributed by atoms with Crippen LogP contribution >= 0.6 is 0 Å². The van der Waals surface area contributed by atoms with E-state index in [4.69, 9.17) is 4.42 Å². The Balaban J connectivity index is 1.79. The molecule has 1 saturated heterocycles. The second-order valence-electron chi connectivity index (χ2n) is 6.22. The van der Waals surface area contributed by atoms with E-state index in [0.29, 0.717) is 24.6 Å². The lowest BCUT2D eigenvalue weighted by Crippen LogP contribution is -2.37. The Morgan fingerprint density at radius 3 is 2.54 bits per heavy atom. The van der Waals surface area contributed by atoms with Crippen molar-refractivity contribution in [1.29, 1.82) is 0 Å². The van der Waals surface area contributed by atoms with E-state index in [9.17, 15) is 18.0 Å². The molecule has 0 unspecified atom stereocenters. The van der Waals surface area contributed by atoms with Crippen LogP contribution in [0, 0.1) is 5.92 Å². The van der Waals surface area contributed by atoms with Crippen LogP contribution in [0.25, 0.3) is 11.3 Å². The minimum Gasteiger partial charge on any atom is -0.451 e. The summed E-state index contributed by atoms with van der Waals surface area (Å²) in [7, 11) is 0. The lowest BCUT2D eigenvalue weighted by Gasteiger charge is -2.29. The van der Waals surface area contributed by atoms with Gasteiger partial charge in [-0.1, -0.05) is 19.1 Å². The van der Waals surface area contributed by atoms with Crippen LogP contribution in [-0.4, -0.2) is 23.9 Å². The van der Waals surface area contributed by atoms with Crippen molar-refractivity contribution in [2.45, 2.75) is 25.9 Å². The minimum atomic E-state index is -4.41. The van der Waals surface area contributed by atoms with Crippen LogP contribution in [0.3, 0.4) is 0 Å². The summed E-state index contributed by atoms with van der Waals surface area (Å²) in [5.74, 6) is 0.818. The molecule has 2 heterocycles. The number of halogens is 3. The van der Waals surface area contributed by atoms with Crippen LogP contribution in [-0.2, 0) is 6.18 Å². The van der Waals surface area contributed by atoms with E-state index < -0.39 is 11.7 Å². The van der Waals surface area contributed by atoms with Gasteiger partial charge in [-0.05, 0) is 43.0 Å². The molecule has 0 radical (unpaired) electrons. The Hall–Kier alpha value is -2.24. The smallest absolute Gasteiger partial charge is 0.416 e. The van der Waals surface area contributed by atoms with E-state index >= 15 is 0 Å². The second-order valence-corrected chi connectivity index (χ2v) is 6.22. The van der Waals surface area contributed by atoms with Crippen LogP contribution in [0.4, 0.5) is 13.2 Å². The number of hydrogen-bond acceptors (Lipinski definition) is 2. The topological polar surface area (TPSA) is 33.5 Å². The second kappa shape index (κ2) is 6.34. The van der Waals surface area contributed by atoms with Crippen molar-refractivity contribution in [3.63, 3.8) is 0 Å². The molecule has 128 valence electrons. The van der Waals surface area contributed by atoms with Gasteiger partial charge < -0.3 is 9.32 Å². The largest absolute Gasteiger partial charge is 0.451 e. The molecule has 1 aliphatic rings.